The van der Waals surface area contributed by atoms with Crippen LogP contribution in [-0.2, 0) is 10.0 Å². The Hall–Kier alpha value is -2.17. The van der Waals surface area contributed by atoms with Crippen LogP contribution in [0.2, 0.25) is 0 Å². The van der Waals surface area contributed by atoms with Gasteiger partial charge >= 0.3 is 0 Å². The summed E-state index contributed by atoms with van der Waals surface area (Å²) in [5.74, 6) is 0.196. The van der Waals surface area contributed by atoms with E-state index in [4.69, 9.17) is 9.68 Å². The Balaban J connectivity index is 2.28. The van der Waals surface area contributed by atoms with Crippen LogP contribution in [0.5, 0.6) is 0 Å². The highest BCUT2D eigenvalue weighted by Crippen LogP contribution is 2.23. The lowest BCUT2D eigenvalue weighted by molar-refractivity contribution is 0.400. The number of aryl methyl sites for hydroxylation is 1. The summed E-state index contributed by atoms with van der Waals surface area (Å²) in [7, 11) is -3.61. The van der Waals surface area contributed by atoms with Crippen LogP contribution in [-0.4, -0.2) is 30.8 Å². The van der Waals surface area contributed by atoms with Crippen molar-refractivity contribution in [3.8, 4) is 17.3 Å². The molecule has 23 heavy (non-hydrogen) atoms. The number of rotatable bonds is 6. The first-order chi connectivity index (χ1) is 10.9. The van der Waals surface area contributed by atoms with Gasteiger partial charge in [0, 0.05) is 25.6 Å². The van der Waals surface area contributed by atoms with Gasteiger partial charge in [-0.05, 0) is 19.1 Å². The molecule has 0 N–H and O–H groups in total. The largest absolute Gasteiger partial charge is 0.449 e. The molecule has 2 aromatic rings. The number of hydrogen-bond donors (Lipinski definition) is 0. The summed E-state index contributed by atoms with van der Waals surface area (Å²) in [6, 6.07) is 8.56. The molecule has 0 unspecified atom stereocenters. The molecule has 1 atom stereocenters. The number of sulfonamides is 1. The molecular formula is C16H19N3O3S. The van der Waals surface area contributed by atoms with Gasteiger partial charge in [0.25, 0.3) is 0 Å². The van der Waals surface area contributed by atoms with Gasteiger partial charge in [0.2, 0.25) is 10.0 Å². The maximum atomic E-state index is 12.6. The number of nitriles is 1. The highest BCUT2D eigenvalue weighted by Gasteiger charge is 2.24. The molecule has 0 spiro atoms. The van der Waals surface area contributed by atoms with E-state index in [0.29, 0.717) is 18.1 Å². The average molecular weight is 333 g/mol. The van der Waals surface area contributed by atoms with Gasteiger partial charge in [-0.3, -0.25) is 0 Å². The van der Waals surface area contributed by atoms with E-state index in [0.717, 1.165) is 5.56 Å². The van der Waals surface area contributed by atoms with Crippen molar-refractivity contribution < 1.29 is 12.8 Å². The summed E-state index contributed by atoms with van der Waals surface area (Å²) < 4.78 is 31.8. The first-order valence-corrected chi connectivity index (χ1v) is 8.74. The van der Waals surface area contributed by atoms with Crippen LogP contribution in [0.4, 0.5) is 0 Å². The minimum atomic E-state index is -3.61. The summed E-state index contributed by atoms with van der Waals surface area (Å²) in [4.78, 5) is 4.41. The van der Waals surface area contributed by atoms with Crippen LogP contribution in [0.25, 0.3) is 11.3 Å². The van der Waals surface area contributed by atoms with E-state index in [1.807, 2.05) is 0 Å². The monoisotopic (exact) mass is 333 g/mol. The smallest absolute Gasteiger partial charge is 0.243 e. The molecular weight excluding hydrogens is 314 g/mol. The molecule has 0 saturated carbocycles. The van der Waals surface area contributed by atoms with E-state index >= 15 is 0 Å². The quantitative estimate of drug-likeness (QED) is 0.811. The standard InChI is InChI=1S/C16H19N3O3S/c1-4-19(10-12(2)9-17)23(20,21)15-7-5-14(6-8-15)16-11-22-13(3)18-16/h5-8,11-12H,4,10H2,1-3H3/t12-/m0/s1. The van der Waals surface area contributed by atoms with E-state index in [-0.39, 0.29) is 17.4 Å². The third kappa shape index (κ3) is 3.78. The van der Waals surface area contributed by atoms with Gasteiger partial charge in [-0.15, -0.1) is 0 Å². The van der Waals surface area contributed by atoms with Crippen molar-refractivity contribution in [3.63, 3.8) is 0 Å². The first kappa shape index (κ1) is 17.2. The van der Waals surface area contributed by atoms with Crippen LogP contribution >= 0.6 is 0 Å². The Morgan fingerprint density at radius 1 is 1.35 bits per heavy atom. The van der Waals surface area contributed by atoms with Gasteiger partial charge < -0.3 is 4.42 Å². The highest BCUT2D eigenvalue weighted by atomic mass is 32.2. The number of benzene rings is 1. The summed E-state index contributed by atoms with van der Waals surface area (Å²) in [5.41, 5.74) is 1.45. The van der Waals surface area contributed by atoms with Gasteiger partial charge in [0.15, 0.2) is 5.89 Å². The van der Waals surface area contributed by atoms with Crippen molar-refractivity contribution in [2.75, 3.05) is 13.1 Å². The molecule has 122 valence electrons. The van der Waals surface area contributed by atoms with Crippen molar-refractivity contribution in [1.29, 1.82) is 5.26 Å². The summed E-state index contributed by atoms with van der Waals surface area (Å²) >= 11 is 0. The number of hydrogen-bond acceptors (Lipinski definition) is 5. The maximum Gasteiger partial charge on any atom is 0.243 e. The van der Waals surface area contributed by atoms with Crippen molar-refractivity contribution in [2.24, 2.45) is 5.92 Å². The zero-order valence-electron chi connectivity index (χ0n) is 13.4. The van der Waals surface area contributed by atoms with Crippen LogP contribution < -0.4 is 0 Å². The molecule has 0 amide bonds. The molecule has 1 aromatic carbocycles. The van der Waals surface area contributed by atoms with Crippen LogP contribution in [0, 0.1) is 24.2 Å². The predicted molar refractivity (Wildman–Crippen MR) is 85.9 cm³/mol. The number of oxazole rings is 1. The second-order valence-corrected chi connectivity index (χ2v) is 7.20. The molecule has 2 rings (SSSR count). The van der Waals surface area contributed by atoms with Crippen LogP contribution in [0.1, 0.15) is 19.7 Å². The lowest BCUT2D eigenvalue weighted by Gasteiger charge is -2.21. The van der Waals surface area contributed by atoms with E-state index in [1.54, 1.807) is 45.0 Å². The molecule has 7 heteroatoms. The molecule has 1 heterocycles. The van der Waals surface area contributed by atoms with E-state index in [9.17, 15) is 8.42 Å². The Morgan fingerprint density at radius 2 is 2.00 bits per heavy atom. The normalized spacial score (nSPS) is 13.0. The SMILES string of the molecule is CCN(C[C@@H](C)C#N)S(=O)(=O)c1ccc(-c2coc(C)n2)cc1. The Bertz CT molecular complexity index is 804. The minimum absolute atomic E-state index is 0.180. The molecule has 6 nitrogen and oxygen atoms in total. The zero-order valence-corrected chi connectivity index (χ0v) is 14.2. The van der Waals surface area contributed by atoms with E-state index in [1.165, 1.54) is 10.6 Å². The Kier molecular flexibility index (Phi) is 5.19. The first-order valence-electron chi connectivity index (χ1n) is 7.30. The topological polar surface area (TPSA) is 87.2 Å². The molecule has 0 aliphatic rings. The lowest BCUT2D eigenvalue weighted by Crippen LogP contribution is -2.34. The third-order valence-electron chi connectivity index (χ3n) is 3.46. The number of nitrogens with zero attached hydrogens (tertiary/aromatic N) is 3. The third-order valence-corrected chi connectivity index (χ3v) is 5.41. The van der Waals surface area contributed by atoms with Crippen molar-refractivity contribution in [3.05, 3.63) is 36.4 Å². The van der Waals surface area contributed by atoms with Gasteiger partial charge in [0.1, 0.15) is 12.0 Å². The molecule has 0 radical (unpaired) electrons. The predicted octanol–water partition coefficient (Wildman–Crippen LogP) is 2.82. The summed E-state index contributed by atoms with van der Waals surface area (Å²) in [6.45, 7) is 5.71. The molecule has 1 aromatic heterocycles. The van der Waals surface area contributed by atoms with Crippen molar-refractivity contribution in [2.45, 2.75) is 25.7 Å². The zero-order chi connectivity index (χ0) is 17.0. The average Bonchev–Trinajstić information content (AvgIpc) is 2.98. The van der Waals surface area contributed by atoms with Gasteiger partial charge in [-0.2, -0.15) is 9.57 Å². The molecule has 0 fully saturated rings. The fourth-order valence-electron chi connectivity index (χ4n) is 2.19. The summed E-state index contributed by atoms with van der Waals surface area (Å²) in [5, 5.41) is 8.89. The second kappa shape index (κ2) is 6.94. The van der Waals surface area contributed by atoms with Crippen LogP contribution in [0.15, 0.2) is 39.8 Å². The lowest BCUT2D eigenvalue weighted by atomic mass is 10.2. The molecule has 0 aliphatic heterocycles. The van der Waals surface area contributed by atoms with Crippen molar-refractivity contribution >= 4 is 10.0 Å². The molecule has 0 aliphatic carbocycles. The number of aromatic nitrogens is 1. The molecule has 0 bridgehead atoms. The maximum absolute atomic E-state index is 12.6. The Labute approximate surface area is 136 Å². The van der Waals surface area contributed by atoms with E-state index in [2.05, 4.69) is 11.1 Å². The highest BCUT2D eigenvalue weighted by molar-refractivity contribution is 7.89. The van der Waals surface area contributed by atoms with Crippen LogP contribution in [0.3, 0.4) is 0 Å². The fraction of sp³-hybridized carbons (Fsp3) is 0.375. The fourth-order valence-corrected chi connectivity index (χ4v) is 3.72. The Morgan fingerprint density at radius 3 is 2.48 bits per heavy atom. The van der Waals surface area contributed by atoms with E-state index < -0.39 is 10.0 Å². The van der Waals surface area contributed by atoms with Gasteiger partial charge in [-0.1, -0.05) is 19.1 Å². The second-order valence-electron chi connectivity index (χ2n) is 5.26. The minimum Gasteiger partial charge on any atom is -0.449 e. The summed E-state index contributed by atoms with van der Waals surface area (Å²) in [6.07, 6.45) is 1.53. The van der Waals surface area contributed by atoms with Gasteiger partial charge in [-0.25, -0.2) is 13.4 Å². The van der Waals surface area contributed by atoms with Gasteiger partial charge in [0.05, 0.1) is 16.9 Å². The van der Waals surface area contributed by atoms with Crippen molar-refractivity contribution in [1.82, 2.24) is 9.29 Å². The molecule has 0 saturated heterocycles.